The van der Waals surface area contributed by atoms with Crippen molar-refractivity contribution in [3.8, 4) is 11.1 Å². The monoisotopic (exact) mass is 254 g/mol. The minimum absolute atomic E-state index is 0.733. The molecule has 0 bridgehead atoms. The van der Waals surface area contributed by atoms with Gasteiger partial charge in [0.1, 0.15) is 0 Å². The van der Waals surface area contributed by atoms with Crippen LogP contribution in [-0.2, 0) is 0 Å². The van der Waals surface area contributed by atoms with Crippen molar-refractivity contribution in [1.29, 1.82) is 0 Å². The molecule has 0 amide bonds. The molecule has 0 aliphatic heterocycles. The molecular weight excluding hydrogens is 244 g/mol. The number of anilines is 1. The molecule has 0 fully saturated rings. The quantitative estimate of drug-likeness (QED) is 0.663. The summed E-state index contributed by atoms with van der Waals surface area (Å²) < 4.78 is 0. The second-order valence-electron chi connectivity index (χ2n) is 4.18. The van der Waals surface area contributed by atoms with Crippen molar-refractivity contribution in [2.75, 3.05) is 5.73 Å². The van der Waals surface area contributed by atoms with Gasteiger partial charge in [-0.2, -0.15) is 0 Å². The Morgan fingerprint density at radius 3 is 2.44 bits per heavy atom. The third-order valence-corrected chi connectivity index (χ3v) is 3.13. The molecule has 0 saturated carbocycles. The van der Waals surface area contributed by atoms with E-state index in [1.165, 1.54) is 0 Å². The van der Waals surface area contributed by atoms with Crippen LogP contribution in [0.15, 0.2) is 54.7 Å². The first-order valence-corrected chi connectivity index (χ1v) is 6.01. The van der Waals surface area contributed by atoms with E-state index in [1.807, 2.05) is 48.7 Å². The number of hydrogen-bond donors (Lipinski definition) is 1. The van der Waals surface area contributed by atoms with Crippen LogP contribution >= 0.6 is 11.6 Å². The first-order chi connectivity index (χ1) is 8.72. The second-order valence-corrected chi connectivity index (χ2v) is 4.62. The summed E-state index contributed by atoms with van der Waals surface area (Å²) >= 11 is 5.88. The fourth-order valence-electron chi connectivity index (χ4n) is 1.95. The molecule has 18 heavy (non-hydrogen) atoms. The molecular formula is C15H11ClN2. The lowest BCUT2D eigenvalue weighted by molar-refractivity contribution is 1.41. The van der Waals surface area contributed by atoms with Gasteiger partial charge in [0, 0.05) is 27.9 Å². The third-order valence-electron chi connectivity index (χ3n) is 2.88. The predicted molar refractivity (Wildman–Crippen MR) is 76.6 cm³/mol. The molecule has 1 aromatic heterocycles. The highest BCUT2D eigenvalue weighted by molar-refractivity contribution is 6.30. The van der Waals surface area contributed by atoms with Crippen molar-refractivity contribution in [3.05, 3.63) is 59.8 Å². The maximum absolute atomic E-state index is 5.88. The summed E-state index contributed by atoms with van der Waals surface area (Å²) in [5.74, 6) is 0. The maximum Gasteiger partial charge on any atom is 0.0703 e. The normalized spacial score (nSPS) is 10.7. The van der Waals surface area contributed by atoms with E-state index in [0.717, 1.165) is 32.7 Å². The zero-order valence-corrected chi connectivity index (χ0v) is 10.4. The van der Waals surface area contributed by atoms with Crippen LogP contribution in [0, 0.1) is 0 Å². The lowest BCUT2D eigenvalue weighted by Crippen LogP contribution is -1.87. The summed E-state index contributed by atoms with van der Waals surface area (Å²) in [6.07, 6.45) is 1.86. The van der Waals surface area contributed by atoms with Gasteiger partial charge in [0.25, 0.3) is 0 Å². The van der Waals surface area contributed by atoms with Gasteiger partial charge >= 0.3 is 0 Å². The van der Waals surface area contributed by atoms with Gasteiger partial charge in [0.05, 0.1) is 5.52 Å². The molecule has 2 aromatic carbocycles. The molecule has 2 N–H and O–H groups in total. The lowest BCUT2D eigenvalue weighted by Gasteiger charge is -2.04. The van der Waals surface area contributed by atoms with Gasteiger partial charge in [-0.05, 0) is 42.0 Å². The van der Waals surface area contributed by atoms with Crippen LogP contribution in [0.1, 0.15) is 0 Å². The molecule has 88 valence electrons. The van der Waals surface area contributed by atoms with E-state index in [9.17, 15) is 0 Å². The van der Waals surface area contributed by atoms with Crippen LogP contribution in [-0.4, -0.2) is 4.98 Å². The standard InChI is InChI=1S/C15H11ClN2/c16-13-3-1-10(2-4-13)12-7-11-8-14(17)5-6-15(11)18-9-12/h1-9H,17H2. The van der Waals surface area contributed by atoms with Crippen LogP contribution in [0.3, 0.4) is 0 Å². The SMILES string of the molecule is Nc1ccc2ncc(-c3ccc(Cl)cc3)cc2c1. The number of benzene rings is 2. The van der Waals surface area contributed by atoms with Gasteiger partial charge < -0.3 is 5.73 Å². The van der Waals surface area contributed by atoms with Crippen LogP contribution in [0.4, 0.5) is 5.69 Å². The van der Waals surface area contributed by atoms with Crippen LogP contribution in [0.5, 0.6) is 0 Å². The van der Waals surface area contributed by atoms with E-state index in [0.29, 0.717) is 0 Å². The molecule has 2 nitrogen and oxygen atoms in total. The number of aromatic nitrogens is 1. The topological polar surface area (TPSA) is 38.9 Å². The minimum Gasteiger partial charge on any atom is -0.399 e. The van der Waals surface area contributed by atoms with Crippen molar-refractivity contribution in [1.82, 2.24) is 4.98 Å². The Kier molecular flexibility index (Phi) is 2.65. The van der Waals surface area contributed by atoms with E-state index in [-0.39, 0.29) is 0 Å². The maximum atomic E-state index is 5.88. The van der Waals surface area contributed by atoms with Crippen molar-refractivity contribution in [3.63, 3.8) is 0 Å². The number of pyridine rings is 1. The molecule has 0 saturated heterocycles. The number of halogens is 1. The molecule has 3 heteroatoms. The third kappa shape index (κ3) is 2.03. The summed E-state index contributed by atoms with van der Waals surface area (Å²) in [4.78, 5) is 4.43. The molecule has 3 rings (SSSR count). The lowest BCUT2D eigenvalue weighted by atomic mass is 10.1. The predicted octanol–water partition coefficient (Wildman–Crippen LogP) is 4.14. The number of fused-ring (bicyclic) bond motifs is 1. The summed E-state index contributed by atoms with van der Waals surface area (Å²) in [5.41, 5.74) is 9.63. The molecule has 3 aromatic rings. The smallest absolute Gasteiger partial charge is 0.0703 e. The van der Waals surface area contributed by atoms with E-state index in [4.69, 9.17) is 17.3 Å². The highest BCUT2D eigenvalue weighted by atomic mass is 35.5. The highest BCUT2D eigenvalue weighted by Crippen LogP contribution is 2.25. The Labute approximate surface area is 110 Å². The molecule has 1 heterocycles. The number of nitrogens with zero attached hydrogens (tertiary/aromatic N) is 1. The van der Waals surface area contributed by atoms with Crippen molar-refractivity contribution in [2.24, 2.45) is 0 Å². The average Bonchev–Trinajstić information content (AvgIpc) is 2.38. The van der Waals surface area contributed by atoms with Gasteiger partial charge in [-0.1, -0.05) is 23.7 Å². The summed E-state index contributed by atoms with van der Waals surface area (Å²) in [7, 11) is 0. The van der Waals surface area contributed by atoms with E-state index in [2.05, 4.69) is 11.1 Å². The summed E-state index contributed by atoms with van der Waals surface area (Å²) in [6, 6.07) is 15.5. The van der Waals surface area contributed by atoms with Gasteiger partial charge in [0.2, 0.25) is 0 Å². The molecule has 0 unspecified atom stereocenters. The number of rotatable bonds is 1. The van der Waals surface area contributed by atoms with Crippen molar-refractivity contribution in [2.45, 2.75) is 0 Å². The van der Waals surface area contributed by atoms with Crippen molar-refractivity contribution < 1.29 is 0 Å². The van der Waals surface area contributed by atoms with Gasteiger partial charge in [-0.3, -0.25) is 4.98 Å². The summed E-state index contributed by atoms with van der Waals surface area (Å²) in [6.45, 7) is 0. The minimum atomic E-state index is 0.733. The number of hydrogen-bond acceptors (Lipinski definition) is 2. The fourth-order valence-corrected chi connectivity index (χ4v) is 2.08. The highest BCUT2D eigenvalue weighted by Gasteiger charge is 2.01. The fraction of sp³-hybridized carbons (Fsp3) is 0. The Bertz CT molecular complexity index is 705. The molecule has 0 atom stereocenters. The van der Waals surface area contributed by atoms with Gasteiger partial charge in [-0.25, -0.2) is 0 Å². The first kappa shape index (κ1) is 11.1. The second kappa shape index (κ2) is 4.31. The Morgan fingerprint density at radius 2 is 1.67 bits per heavy atom. The van der Waals surface area contributed by atoms with Crippen LogP contribution in [0.25, 0.3) is 22.0 Å². The largest absolute Gasteiger partial charge is 0.399 e. The Morgan fingerprint density at radius 1 is 0.889 bits per heavy atom. The molecule has 0 aliphatic carbocycles. The zero-order chi connectivity index (χ0) is 12.5. The van der Waals surface area contributed by atoms with Crippen molar-refractivity contribution >= 4 is 28.2 Å². The summed E-state index contributed by atoms with van der Waals surface area (Å²) in [5, 5.41) is 1.78. The molecule has 0 aliphatic rings. The van der Waals surface area contributed by atoms with Gasteiger partial charge in [0.15, 0.2) is 0 Å². The van der Waals surface area contributed by atoms with Crippen LogP contribution < -0.4 is 5.73 Å². The van der Waals surface area contributed by atoms with Gasteiger partial charge in [-0.15, -0.1) is 0 Å². The first-order valence-electron chi connectivity index (χ1n) is 5.63. The van der Waals surface area contributed by atoms with E-state index >= 15 is 0 Å². The molecule has 0 radical (unpaired) electrons. The number of nitrogen functional groups attached to an aromatic ring is 1. The Hall–Kier alpha value is -2.06. The van der Waals surface area contributed by atoms with Crippen LogP contribution in [0.2, 0.25) is 5.02 Å². The number of nitrogens with two attached hydrogens (primary N) is 1. The van der Waals surface area contributed by atoms with E-state index < -0.39 is 0 Å². The Balaban J connectivity index is 2.15. The zero-order valence-electron chi connectivity index (χ0n) is 9.60. The van der Waals surface area contributed by atoms with E-state index in [1.54, 1.807) is 0 Å². The average molecular weight is 255 g/mol. The molecule has 0 spiro atoms.